The number of anilines is 1. The van der Waals surface area contributed by atoms with Crippen molar-refractivity contribution >= 4 is 27.4 Å². The van der Waals surface area contributed by atoms with Gasteiger partial charge in [0.1, 0.15) is 16.5 Å². The fourth-order valence-electron chi connectivity index (χ4n) is 4.91. The summed E-state index contributed by atoms with van der Waals surface area (Å²) in [7, 11) is 0. The molecule has 0 unspecified atom stereocenters. The highest BCUT2D eigenvalue weighted by Crippen LogP contribution is 2.39. The molecule has 2 aliphatic rings. The number of nitrogens with zero attached hydrogens (tertiary/aromatic N) is 3. The van der Waals surface area contributed by atoms with Crippen LogP contribution in [0.2, 0.25) is 0 Å². The molecule has 0 radical (unpaired) electrons. The first-order chi connectivity index (χ1) is 15.2. The Balaban J connectivity index is 1.54. The van der Waals surface area contributed by atoms with E-state index in [1.165, 1.54) is 35.8 Å². The number of ether oxygens (including phenoxy) is 1. The Morgan fingerprint density at radius 2 is 1.90 bits per heavy atom. The topological polar surface area (TPSA) is 50.3 Å². The van der Waals surface area contributed by atoms with Gasteiger partial charge in [0.15, 0.2) is 0 Å². The summed E-state index contributed by atoms with van der Waals surface area (Å²) in [6, 6.07) is 11.1. The Kier molecular flexibility index (Phi) is 6.21. The SMILES string of the molecule is C[C@@H]1[C@H](C)CCC[C@@H]1Nc1nc(CN2CCOCC2)nc2scc(-c3ccccc3)c12. The summed E-state index contributed by atoms with van der Waals surface area (Å²) in [6.45, 7) is 9.04. The van der Waals surface area contributed by atoms with Crippen LogP contribution < -0.4 is 5.32 Å². The molecule has 5 rings (SSSR count). The van der Waals surface area contributed by atoms with Gasteiger partial charge in [-0.05, 0) is 23.8 Å². The number of fused-ring (bicyclic) bond motifs is 1. The van der Waals surface area contributed by atoms with E-state index in [9.17, 15) is 0 Å². The minimum absolute atomic E-state index is 0.460. The monoisotopic (exact) mass is 436 g/mol. The maximum absolute atomic E-state index is 5.51. The number of hydrogen-bond donors (Lipinski definition) is 1. The molecule has 1 saturated carbocycles. The van der Waals surface area contributed by atoms with Gasteiger partial charge in [-0.3, -0.25) is 4.90 Å². The first-order valence-electron chi connectivity index (χ1n) is 11.6. The van der Waals surface area contributed by atoms with E-state index in [0.717, 1.165) is 55.2 Å². The van der Waals surface area contributed by atoms with Crippen molar-refractivity contribution in [3.05, 3.63) is 41.5 Å². The van der Waals surface area contributed by atoms with Gasteiger partial charge in [-0.25, -0.2) is 9.97 Å². The summed E-state index contributed by atoms with van der Waals surface area (Å²) in [5.41, 5.74) is 2.46. The number of aromatic nitrogens is 2. The molecule has 1 aromatic carbocycles. The Bertz CT molecular complexity index is 1020. The largest absolute Gasteiger partial charge is 0.379 e. The van der Waals surface area contributed by atoms with E-state index < -0.39 is 0 Å². The number of rotatable bonds is 5. The quantitative estimate of drug-likeness (QED) is 0.578. The summed E-state index contributed by atoms with van der Waals surface area (Å²) in [5.74, 6) is 3.31. The first kappa shape index (κ1) is 20.9. The zero-order valence-corrected chi connectivity index (χ0v) is 19.3. The summed E-state index contributed by atoms with van der Waals surface area (Å²) in [5, 5.41) is 7.31. The van der Waals surface area contributed by atoms with Gasteiger partial charge in [-0.15, -0.1) is 11.3 Å². The van der Waals surface area contributed by atoms with Crippen molar-refractivity contribution in [2.75, 3.05) is 31.6 Å². The van der Waals surface area contributed by atoms with E-state index >= 15 is 0 Å². The summed E-state index contributed by atoms with van der Waals surface area (Å²) >= 11 is 1.73. The van der Waals surface area contributed by atoms with Crippen molar-refractivity contribution in [3.8, 4) is 11.1 Å². The van der Waals surface area contributed by atoms with Gasteiger partial charge < -0.3 is 10.1 Å². The molecular formula is C25H32N4OS. The van der Waals surface area contributed by atoms with Crippen molar-refractivity contribution in [2.45, 2.75) is 45.7 Å². The molecule has 0 amide bonds. The Morgan fingerprint density at radius 3 is 2.71 bits per heavy atom. The molecule has 31 heavy (non-hydrogen) atoms. The molecule has 2 aromatic heterocycles. The average molecular weight is 437 g/mol. The maximum atomic E-state index is 5.51. The third kappa shape index (κ3) is 4.47. The van der Waals surface area contributed by atoms with Crippen LogP contribution >= 0.6 is 11.3 Å². The lowest BCUT2D eigenvalue weighted by atomic mass is 9.78. The van der Waals surface area contributed by atoms with Crippen molar-refractivity contribution < 1.29 is 4.74 Å². The normalized spacial score (nSPS) is 25.0. The molecule has 2 fully saturated rings. The molecule has 1 aliphatic carbocycles. The van der Waals surface area contributed by atoms with Gasteiger partial charge >= 0.3 is 0 Å². The molecule has 3 heterocycles. The van der Waals surface area contributed by atoms with Crippen molar-refractivity contribution in [2.24, 2.45) is 11.8 Å². The Hall–Kier alpha value is -2.02. The molecule has 6 heteroatoms. The number of benzene rings is 1. The van der Waals surface area contributed by atoms with Crippen LogP contribution in [-0.4, -0.2) is 47.2 Å². The van der Waals surface area contributed by atoms with E-state index in [1.807, 2.05) is 0 Å². The molecule has 164 valence electrons. The smallest absolute Gasteiger partial charge is 0.146 e. The maximum Gasteiger partial charge on any atom is 0.146 e. The van der Waals surface area contributed by atoms with Gasteiger partial charge in [0.25, 0.3) is 0 Å². The van der Waals surface area contributed by atoms with Crippen LogP contribution in [0.1, 0.15) is 38.9 Å². The Morgan fingerprint density at radius 1 is 1.10 bits per heavy atom. The number of thiophene rings is 1. The highest BCUT2D eigenvalue weighted by atomic mass is 32.1. The number of hydrogen-bond acceptors (Lipinski definition) is 6. The number of morpholine rings is 1. The third-order valence-corrected chi connectivity index (χ3v) is 7.93. The van der Waals surface area contributed by atoms with E-state index in [2.05, 4.69) is 59.8 Å². The van der Waals surface area contributed by atoms with Gasteiger partial charge in [0, 0.05) is 30.1 Å². The Labute approximate surface area is 188 Å². The highest BCUT2D eigenvalue weighted by molar-refractivity contribution is 7.17. The fraction of sp³-hybridized carbons (Fsp3) is 0.520. The summed E-state index contributed by atoms with van der Waals surface area (Å²) in [4.78, 5) is 13.6. The van der Waals surface area contributed by atoms with Crippen LogP contribution in [0.25, 0.3) is 21.3 Å². The summed E-state index contributed by atoms with van der Waals surface area (Å²) < 4.78 is 5.51. The van der Waals surface area contributed by atoms with Crippen LogP contribution in [0, 0.1) is 11.8 Å². The molecule has 5 nitrogen and oxygen atoms in total. The van der Waals surface area contributed by atoms with Crippen molar-refractivity contribution in [1.29, 1.82) is 0 Å². The molecule has 3 atom stereocenters. The average Bonchev–Trinajstić information content (AvgIpc) is 3.22. The number of nitrogens with one attached hydrogen (secondary N) is 1. The molecule has 1 N–H and O–H groups in total. The van der Waals surface area contributed by atoms with Crippen molar-refractivity contribution in [3.63, 3.8) is 0 Å². The molecule has 1 saturated heterocycles. The lowest BCUT2D eigenvalue weighted by Crippen LogP contribution is -2.37. The predicted molar refractivity (Wildman–Crippen MR) is 129 cm³/mol. The van der Waals surface area contributed by atoms with Gasteiger partial charge in [0.2, 0.25) is 0 Å². The van der Waals surface area contributed by atoms with Gasteiger partial charge in [-0.1, -0.05) is 57.0 Å². The van der Waals surface area contributed by atoms with Crippen molar-refractivity contribution in [1.82, 2.24) is 14.9 Å². The van der Waals surface area contributed by atoms with Crippen LogP contribution in [0.4, 0.5) is 5.82 Å². The van der Waals surface area contributed by atoms with Crippen LogP contribution in [0.15, 0.2) is 35.7 Å². The highest BCUT2D eigenvalue weighted by Gasteiger charge is 2.28. The minimum Gasteiger partial charge on any atom is -0.379 e. The van der Waals surface area contributed by atoms with Crippen LogP contribution in [-0.2, 0) is 11.3 Å². The second-order valence-corrected chi connectivity index (χ2v) is 9.95. The molecule has 0 bridgehead atoms. The molecular weight excluding hydrogens is 404 g/mol. The van der Waals surface area contributed by atoms with E-state index in [0.29, 0.717) is 12.0 Å². The zero-order chi connectivity index (χ0) is 21.2. The first-order valence-corrected chi connectivity index (χ1v) is 12.5. The van der Waals surface area contributed by atoms with Gasteiger partial charge in [0.05, 0.1) is 25.1 Å². The lowest BCUT2D eigenvalue weighted by molar-refractivity contribution is 0.0331. The summed E-state index contributed by atoms with van der Waals surface area (Å²) in [6.07, 6.45) is 3.82. The van der Waals surface area contributed by atoms with Crippen LogP contribution in [0.3, 0.4) is 0 Å². The van der Waals surface area contributed by atoms with E-state index in [4.69, 9.17) is 14.7 Å². The van der Waals surface area contributed by atoms with Crippen LogP contribution in [0.5, 0.6) is 0 Å². The fourth-order valence-corrected chi connectivity index (χ4v) is 5.88. The predicted octanol–water partition coefficient (Wildman–Crippen LogP) is 5.43. The minimum atomic E-state index is 0.460. The van der Waals surface area contributed by atoms with Gasteiger partial charge in [-0.2, -0.15) is 0 Å². The molecule has 0 spiro atoms. The second kappa shape index (κ2) is 9.23. The second-order valence-electron chi connectivity index (χ2n) is 9.09. The lowest BCUT2D eigenvalue weighted by Gasteiger charge is -2.35. The molecule has 1 aliphatic heterocycles. The third-order valence-electron chi connectivity index (χ3n) is 7.06. The zero-order valence-electron chi connectivity index (χ0n) is 18.5. The van der Waals surface area contributed by atoms with E-state index in [1.54, 1.807) is 11.3 Å². The standard InChI is InChI=1S/C25H32N4OS/c1-17-7-6-10-21(18(17)2)26-24-23-20(19-8-4-3-5-9-19)16-31-25(23)28-22(27-24)15-29-11-13-30-14-12-29/h3-5,8-9,16-18,21H,6-7,10-15H2,1-2H3,(H,26,27,28)/t17-,18-,21+/m1/s1. The molecule has 3 aromatic rings. The van der Waals surface area contributed by atoms with E-state index in [-0.39, 0.29) is 0 Å².